The molecule has 1 saturated heterocycles. The van der Waals surface area contributed by atoms with Crippen molar-refractivity contribution in [1.29, 1.82) is 0 Å². The summed E-state index contributed by atoms with van der Waals surface area (Å²) in [5, 5.41) is 0.785. The van der Waals surface area contributed by atoms with Crippen LogP contribution in [0.5, 0.6) is 0 Å². The molecule has 2 heterocycles. The summed E-state index contributed by atoms with van der Waals surface area (Å²) in [7, 11) is 2.09. The number of fused-ring (bicyclic) bond motifs is 1. The lowest BCUT2D eigenvalue weighted by molar-refractivity contribution is 0.312. The van der Waals surface area contributed by atoms with Crippen LogP contribution >= 0.6 is 27.5 Å². The van der Waals surface area contributed by atoms with Crippen LogP contribution in [-0.4, -0.2) is 48.1 Å². The molecule has 1 fully saturated rings. The van der Waals surface area contributed by atoms with Crippen LogP contribution in [0.25, 0.3) is 10.9 Å². The van der Waals surface area contributed by atoms with E-state index in [4.69, 9.17) is 11.6 Å². The van der Waals surface area contributed by atoms with Crippen LogP contribution in [0.4, 0.5) is 10.2 Å². The molecule has 1 aromatic carbocycles. The van der Waals surface area contributed by atoms with Crippen molar-refractivity contribution in [3.8, 4) is 0 Å². The minimum Gasteiger partial charge on any atom is -0.353 e. The highest BCUT2D eigenvalue weighted by molar-refractivity contribution is 9.10. The summed E-state index contributed by atoms with van der Waals surface area (Å²) >= 11 is 9.25. The second-order valence-corrected chi connectivity index (χ2v) is 6.46. The lowest BCUT2D eigenvalue weighted by atomic mass is 10.1. The topological polar surface area (TPSA) is 32.3 Å². The number of aromatic nitrogens is 2. The van der Waals surface area contributed by atoms with E-state index in [9.17, 15) is 4.39 Å². The maximum atomic E-state index is 14.4. The fourth-order valence-electron chi connectivity index (χ4n) is 2.55. The molecule has 0 atom stereocenters. The molecule has 4 nitrogen and oxygen atoms in total. The Kier molecular flexibility index (Phi) is 4.03. The first-order valence-electron chi connectivity index (χ1n) is 6.72. The predicted molar refractivity (Wildman–Crippen MR) is 86.7 cm³/mol. The van der Waals surface area contributed by atoms with E-state index in [2.05, 4.69) is 42.7 Å². The largest absolute Gasteiger partial charge is 0.353 e. The van der Waals surface area contributed by atoms with Crippen LogP contribution < -0.4 is 4.90 Å². The number of nitrogens with zero attached hydrogens (tertiary/aromatic N) is 4. The van der Waals surface area contributed by atoms with Gasteiger partial charge in [-0.25, -0.2) is 9.37 Å². The van der Waals surface area contributed by atoms with Gasteiger partial charge >= 0.3 is 0 Å². The van der Waals surface area contributed by atoms with Gasteiger partial charge in [0.2, 0.25) is 5.28 Å². The summed E-state index contributed by atoms with van der Waals surface area (Å²) in [5.74, 6) is 0.331. The smallest absolute Gasteiger partial charge is 0.225 e. The Balaban J connectivity index is 2.18. The predicted octanol–water partition coefficient (Wildman–Crippen LogP) is 3.25. The second kappa shape index (κ2) is 5.66. The first kappa shape index (κ1) is 14.9. The molecule has 3 rings (SSSR count). The van der Waals surface area contributed by atoms with Crippen molar-refractivity contribution >= 4 is 44.3 Å². The SMILES string of the molecule is Cc1cc2c(N3CCN(C)CC3)nc(Cl)nc2c(F)c1Br. The fourth-order valence-corrected chi connectivity index (χ4v) is 3.01. The fraction of sp³-hybridized carbons (Fsp3) is 0.429. The minimum atomic E-state index is -0.385. The van der Waals surface area contributed by atoms with Crippen molar-refractivity contribution in [2.24, 2.45) is 0 Å². The number of piperazine rings is 1. The standard InChI is InChI=1S/C14H15BrClFN4/c1-8-7-9-12(11(17)10(8)15)18-14(16)19-13(9)21-5-3-20(2)4-6-21/h7H,3-6H2,1-2H3. The van der Waals surface area contributed by atoms with Gasteiger partial charge in [-0.1, -0.05) is 0 Å². The van der Waals surface area contributed by atoms with Crippen molar-refractivity contribution in [2.45, 2.75) is 6.92 Å². The molecule has 0 N–H and O–H groups in total. The van der Waals surface area contributed by atoms with Crippen LogP contribution in [0.3, 0.4) is 0 Å². The van der Waals surface area contributed by atoms with Crippen LogP contribution in [0, 0.1) is 12.7 Å². The highest BCUT2D eigenvalue weighted by atomic mass is 79.9. The first-order chi connectivity index (χ1) is 9.97. The molecular formula is C14H15BrClFN4. The Morgan fingerprint density at radius 2 is 1.90 bits per heavy atom. The van der Waals surface area contributed by atoms with Crippen LogP contribution in [0.15, 0.2) is 10.5 Å². The molecule has 0 spiro atoms. The molecule has 1 aliphatic heterocycles. The number of benzene rings is 1. The Bertz CT molecular complexity index is 701. The van der Waals surface area contributed by atoms with Crippen molar-refractivity contribution in [3.63, 3.8) is 0 Å². The van der Waals surface area contributed by atoms with Gasteiger partial charge in [-0.05, 0) is 53.1 Å². The van der Waals surface area contributed by atoms with Gasteiger partial charge in [0.15, 0.2) is 5.82 Å². The molecule has 0 radical (unpaired) electrons. The number of halogens is 3. The van der Waals surface area contributed by atoms with E-state index in [-0.39, 0.29) is 16.6 Å². The van der Waals surface area contributed by atoms with E-state index in [1.165, 1.54) is 0 Å². The van der Waals surface area contributed by atoms with Gasteiger partial charge in [0.1, 0.15) is 11.3 Å². The van der Waals surface area contributed by atoms with E-state index in [0.717, 1.165) is 31.7 Å². The number of rotatable bonds is 1. The number of aryl methyl sites for hydroxylation is 1. The third-order valence-corrected chi connectivity index (χ3v) is 4.95. The molecule has 1 aliphatic rings. The minimum absolute atomic E-state index is 0.0751. The Morgan fingerprint density at radius 3 is 2.57 bits per heavy atom. The van der Waals surface area contributed by atoms with Gasteiger partial charge < -0.3 is 9.80 Å². The van der Waals surface area contributed by atoms with Crippen molar-refractivity contribution in [3.05, 3.63) is 27.2 Å². The number of anilines is 1. The molecule has 21 heavy (non-hydrogen) atoms. The second-order valence-electron chi connectivity index (χ2n) is 5.32. The monoisotopic (exact) mass is 372 g/mol. The van der Waals surface area contributed by atoms with E-state index >= 15 is 0 Å². The normalized spacial score (nSPS) is 16.7. The maximum Gasteiger partial charge on any atom is 0.225 e. The average molecular weight is 374 g/mol. The molecule has 112 valence electrons. The van der Waals surface area contributed by atoms with E-state index in [0.29, 0.717) is 15.7 Å². The molecule has 0 aliphatic carbocycles. The summed E-state index contributed by atoms with van der Waals surface area (Å²) in [6, 6.07) is 1.91. The lowest BCUT2D eigenvalue weighted by Gasteiger charge is -2.33. The number of hydrogen-bond acceptors (Lipinski definition) is 4. The Morgan fingerprint density at radius 1 is 1.24 bits per heavy atom. The van der Waals surface area contributed by atoms with Crippen LogP contribution in [0.1, 0.15) is 5.56 Å². The molecule has 7 heteroatoms. The summed E-state index contributed by atoms with van der Waals surface area (Å²) in [6.07, 6.45) is 0. The van der Waals surface area contributed by atoms with E-state index in [1.54, 1.807) is 0 Å². The quantitative estimate of drug-likeness (QED) is 0.718. The van der Waals surface area contributed by atoms with Crippen molar-refractivity contribution in [1.82, 2.24) is 14.9 Å². The average Bonchev–Trinajstić information content (AvgIpc) is 2.46. The zero-order chi connectivity index (χ0) is 15.1. The summed E-state index contributed by atoms with van der Waals surface area (Å²) in [5.41, 5.74) is 1.09. The van der Waals surface area contributed by atoms with Gasteiger partial charge in [0, 0.05) is 31.6 Å². The van der Waals surface area contributed by atoms with Crippen molar-refractivity contribution in [2.75, 3.05) is 38.1 Å². The zero-order valence-corrected chi connectivity index (χ0v) is 14.2. The molecule has 0 saturated carbocycles. The summed E-state index contributed by atoms with van der Waals surface area (Å²) < 4.78 is 14.9. The van der Waals surface area contributed by atoms with Gasteiger partial charge in [-0.3, -0.25) is 0 Å². The maximum absolute atomic E-state index is 14.4. The van der Waals surface area contributed by atoms with Gasteiger partial charge in [-0.2, -0.15) is 4.98 Å². The molecule has 0 amide bonds. The van der Waals surface area contributed by atoms with E-state index in [1.807, 2.05) is 13.0 Å². The van der Waals surface area contributed by atoms with E-state index < -0.39 is 0 Å². The first-order valence-corrected chi connectivity index (χ1v) is 7.90. The Labute approximate surface area is 136 Å². The van der Waals surface area contributed by atoms with Gasteiger partial charge in [-0.15, -0.1) is 0 Å². The third kappa shape index (κ3) is 2.72. The van der Waals surface area contributed by atoms with Gasteiger partial charge in [0.05, 0.1) is 4.47 Å². The molecule has 1 aromatic heterocycles. The molecule has 2 aromatic rings. The Hall–Kier alpha value is -0.980. The van der Waals surface area contributed by atoms with Gasteiger partial charge in [0.25, 0.3) is 0 Å². The molecule has 0 unspecified atom stereocenters. The highest BCUT2D eigenvalue weighted by Crippen LogP contribution is 2.33. The molecular weight excluding hydrogens is 359 g/mol. The zero-order valence-electron chi connectivity index (χ0n) is 11.8. The highest BCUT2D eigenvalue weighted by Gasteiger charge is 2.21. The van der Waals surface area contributed by atoms with Crippen LogP contribution in [0.2, 0.25) is 5.28 Å². The third-order valence-electron chi connectivity index (χ3n) is 3.81. The number of hydrogen-bond donors (Lipinski definition) is 0. The van der Waals surface area contributed by atoms with Crippen molar-refractivity contribution < 1.29 is 4.39 Å². The lowest BCUT2D eigenvalue weighted by Crippen LogP contribution is -2.45. The van der Waals surface area contributed by atoms with Crippen LogP contribution in [-0.2, 0) is 0 Å². The number of likely N-dealkylation sites (N-methyl/N-ethyl adjacent to an activating group) is 1. The molecule has 0 bridgehead atoms. The summed E-state index contributed by atoms with van der Waals surface area (Å²) in [6.45, 7) is 5.43. The summed E-state index contributed by atoms with van der Waals surface area (Å²) in [4.78, 5) is 12.8.